The SMILES string of the molecule is CCC1(c2ccc(Cl)cc2)OC(COC(N)=O)CS1. The first-order chi connectivity index (χ1) is 9.05. The second-order valence-corrected chi connectivity index (χ2v) is 6.01. The van der Waals surface area contributed by atoms with E-state index < -0.39 is 11.0 Å². The van der Waals surface area contributed by atoms with Crippen molar-refractivity contribution in [2.75, 3.05) is 12.4 Å². The van der Waals surface area contributed by atoms with Gasteiger partial charge < -0.3 is 15.2 Å². The van der Waals surface area contributed by atoms with Crippen LogP contribution in [0, 0.1) is 0 Å². The number of benzene rings is 1. The van der Waals surface area contributed by atoms with Gasteiger partial charge in [0.05, 0.1) is 0 Å². The molecule has 0 spiro atoms. The van der Waals surface area contributed by atoms with Crippen LogP contribution in [0.4, 0.5) is 4.79 Å². The minimum Gasteiger partial charge on any atom is -0.447 e. The monoisotopic (exact) mass is 301 g/mol. The fourth-order valence-corrected chi connectivity index (χ4v) is 3.52. The molecule has 1 saturated heterocycles. The van der Waals surface area contributed by atoms with E-state index in [2.05, 4.69) is 6.92 Å². The van der Waals surface area contributed by atoms with E-state index in [4.69, 9.17) is 26.8 Å². The summed E-state index contributed by atoms with van der Waals surface area (Å²) in [5, 5.41) is 0.701. The third kappa shape index (κ3) is 3.35. The summed E-state index contributed by atoms with van der Waals surface area (Å²) in [5.41, 5.74) is 6.04. The molecule has 1 aliphatic heterocycles. The summed E-state index contributed by atoms with van der Waals surface area (Å²) >= 11 is 7.61. The van der Waals surface area contributed by atoms with Crippen LogP contribution in [0.5, 0.6) is 0 Å². The lowest BCUT2D eigenvalue weighted by molar-refractivity contribution is -0.0386. The number of hydrogen-bond acceptors (Lipinski definition) is 4. The van der Waals surface area contributed by atoms with Crippen molar-refractivity contribution in [2.24, 2.45) is 5.73 Å². The first-order valence-electron chi connectivity index (χ1n) is 6.06. The Kier molecular flexibility index (Phi) is 4.60. The summed E-state index contributed by atoms with van der Waals surface area (Å²) in [6.07, 6.45) is -0.0750. The van der Waals surface area contributed by atoms with Gasteiger partial charge in [-0.05, 0) is 24.1 Å². The van der Waals surface area contributed by atoms with Crippen LogP contribution < -0.4 is 5.73 Å². The Morgan fingerprint density at radius 1 is 1.58 bits per heavy atom. The average molecular weight is 302 g/mol. The highest BCUT2D eigenvalue weighted by Gasteiger charge is 2.41. The van der Waals surface area contributed by atoms with Crippen molar-refractivity contribution in [1.82, 2.24) is 0 Å². The van der Waals surface area contributed by atoms with Gasteiger partial charge in [-0.25, -0.2) is 4.79 Å². The molecule has 1 aromatic rings. The van der Waals surface area contributed by atoms with E-state index in [0.717, 1.165) is 17.7 Å². The molecule has 2 atom stereocenters. The van der Waals surface area contributed by atoms with Gasteiger partial charge in [-0.2, -0.15) is 0 Å². The van der Waals surface area contributed by atoms with Gasteiger partial charge in [-0.1, -0.05) is 30.7 Å². The van der Waals surface area contributed by atoms with Crippen LogP contribution in [0.2, 0.25) is 5.02 Å². The third-order valence-corrected chi connectivity index (χ3v) is 4.90. The lowest BCUT2D eigenvalue weighted by atomic mass is 10.1. The van der Waals surface area contributed by atoms with Crippen LogP contribution in [0.3, 0.4) is 0 Å². The predicted molar refractivity (Wildman–Crippen MR) is 76.3 cm³/mol. The van der Waals surface area contributed by atoms with E-state index >= 15 is 0 Å². The second kappa shape index (κ2) is 6.03. The highest BCUT2D eigenvalue weighted by molar-refractivity contribution is 8.00. The molecule has 1 aliphatic rings. The van der Waals surface area contributed by atoms with Gasteiger partial charge in [0.15, 0.2) is 0 Å². The van der Waals surface area contributed by atoms with Crippen molar-refractivity contribution in [3.8, 4) is 0 Å². The zero-order valence-corrected chi connectivity index (χ0v) is 12.2. The van der Waals surface area contributed by atoms with E-state index in [1.165, 1.54) is 0 Å². The fourth-order valence-electron chi connectivity index (χ4n) is 2.07. The molecule has 4 nitrogen and oxygen atoms in total. The quantitative estimate of drug-likeness (QED) is 0.928. The first kappa shape index (κ1) is 14.5. The summed E-state index contributed by atoms with van der Waals surface area (Å²) in [5.74, 6) is 0.768. The lowest BCUT2D eigenvalue weighted by Crippen LogP contribution is -2.28. The summed E-state index contributed by atoms with van der Waals surface area (Å²) in [4.78, 5) is 10.2. The van der Waals surface area contributed by atoms with E-state index in [1.807, 2.05) is 24.3 Å². The molecular formula is C13H16ClNO3S. The summed E-state index contributed by atoms with van der Waals surface area (Å²) in [6.45, 7) is 2.26. The van der Waals surface area contributed by atoms with Crippen LogP contribution in [0.25, 0.3) is 0 Å². The molecule has 2 unspecified atom stereocenters. The van der Waals surface area contributed by atoms with Gasteiger partial charge in [-0.3, -0.25) is 0 Å². The summed E-state index contributed by atoms with van der Waals surface area (Å²) in [6, 6.07) is 7.64. The maximum absolute atomic E-state index is 10.6. The highest BCUT2D eigenvalue weighted by Crippen LogP contribution is 2.47. The molecule has 0 radical (unpaired) electrons. The Labute approximate surface area is 121 Å². The largest absolute Gasteiger partial charge is 0.447 e. The molecule has 2 N–H and O–H groups in total. The number of primary amides is 1. The Hall–Kier alpha value is -0.910. The number of rotatable bonds is 4. The predicted octanol–water partition coefficient (Wildman–Crippen LogP) is 3.13. The number of thioether (sulfide) groups is 1. The average Bonchev–Trinajstić information content (AvgIpc) is 2.82. The molecule has 19 heavy (non-hydrogen) atoms. The highest BCUT2D eigenvalue weighted by atomic mass is 35.5. The van der Waals surface area contributed by atoms with Crippen molar-refractivity contribution in [3.63, 3.8) is 0 Å². The topological polar surface area (TPSA) is 61.6 Å². The van der Waals surface area contributed by atoms with Crippen LogP contribution in [0.15, 0.2) is 24.3 Å². The Morgan fingerprint density at radius 2 is 2.26 bits per heavy atom. The molecule has 0 bridgehead atoms. The molecule has 0 aromatic heterocycles. The van der Waals surface area contributed by atoms with Crippen molar-refractivity contribution in [3.05, 3.63) is 34.9 Å². The Balaban J connectivity index is 2.08. The molecular weight excluding hydrogens is 286 g/mol. The zero-order chi connectivity index (χ0) is 13.9. The molecule has 0 saturated carbocycles. The second-order valence-electron chi connectivity index (χ2n) is 4.29. The van der Waals surface area contributed by atoms with Crippen LogP contribution >= 0.6 is 23.4 Å². The smallest absolute Gasteiger partial charge is 0.404 e. The minimum atomic E-state index is -0.769. The third-order valence-electron chi connectivity index (χ3n) is 3.02. The van der Waals surface area contributed by atoms with E-state index in [1.54, 1.807) is 11.8 Å². The molecule has 1 amide bonds. The van der Waals surface area contributed by atoms with Crippen molar-refractivity contribution < 1.29 is 14.3 Å². The normalized spacial score (nSPS) is 26.3. The fraction of sp³-hybridized carbons (Fsp3) is 0.462. The number of carbonyl (C=O) groups is 1. The van der Waals surface area contributed by atoms with Crippen molar-refractivity contribution in [1.29, 1.82) is 0 Å². The lowest BCUT2D eigenvalue weighted by Gasteiger charge is -2.27. The standard InChI is InChI=1S/C13H16ClNO3S/c1-2-13(9-3-5-10(14)6-4-9)18-11(8-19-13)7-17-12(15)16/h3-6,11H,2,7-8H2,1H3,(H2,15,16). The van der Waals surface area contributed by atoms with Gasteiger partial charge in [-0.15, -0.1) is 11.8 Å². The molecule has 6 heteroatoms. The van der Waals surface area contributed by atoms with Crippen LogP contribution in [-0.4, -0.2) is 24.6 Å². The van der Waals surface area contributed by atoms with E-state index in [0.29, 0.717) is 5.02 Å². The van der Waals surface area contributed by atoms with Crippen molar-refractivity contribution >= 4 is 29.5 Å². The molecule has 1 aromatic carbocycles. The zero-order valence-electron chi connectivity index (χ0n) is 10.6. The minimum absolute atomic E-state index is 0.131. The number of hydrogen-bond donors (Lipinski definition) is 1. The molecule has 0 aliphatic carbocycles. The maximum atomic E-state index is 10.6. The van der Waals surface area contributed by atoms with Gasteiger partial charge in [0.1, 0.15) is 17.6 Å². The molecule has 104 valence electrons. The Morgan fingerprint density at radius 3 is 2.84 bits per heavy atom. The number of ether oxygens (including phenoxy) is 2. The van der Waals surface area contributed by atoms with Gasteiger partial charge >= 0.3 is 6.09 Å². The van der Waals surface area contributed by atoms with Gasteiger partial charge in [0, 0.05) is 10.8 Å². The van der Waals surface area contributed by atoms with Gasteiger partial charge in [0.2, 0.25) is 0 Å². The first-order valence-corrected chi connectivity index (χ1v) is 7.42. The van der Waals surface area contributed by atoms with Crippen molar-refractivity contribution in [2.45, 2.75) is 24.4 Å². The van der Waals surface area contributed by atoms with Gasteiger partial charge in [0.25, 0.3) is 0 Å². The number of nitrogens with two attached hydrogens (primary N) is 1. The van der Waals surface area contributed by atoms with E-state index in [9.17, 15) is 4.79 Å². The Bertz CT molecular complexity index is 454. The molecule has 1 fully saturated rings. The molecule has 2 rings (SSSR count). The summed E-state index contributed by atoms with van der Waals surface area (Å²) < 4.78 is 10.9. The van der Waals surface area contributed by atoms with Crippen LogP contribution in [-0.2, 0) is 14.4 Å². The summed E-state index contributed by atoms with van der Waals surface area (Å²) in [7, 11) is 0. The van der Waals surface area contributed by atoms with Crippen LogP contribution in [0.1, 0.15) is 18.9 Å². The maximum Gasteiger partial charge on any atom is 0.404 e. The molecule has 1 heterocycles. The number of carbonyl (C=O) groups excluding carboxylic acids is 1. The van der Waals surface area contributed by atoms with E-state index in [-0.39, 0.29) is 12.7 Å². The number of amides is 1. The number of halogens is 1.